The fourth-order valence-electron chi connectivity index (χ4n) is 1.28. The molecular formula is C13H14OS. The normalized spacial score (nSPS) is 9.20. The van der Waals surface area contributed by atoms with Crippen molar-refractivity contribution in [1.82, 2.24) is 0 Å². The van der Waals surface area contributed by atoms with Crippen LogP contribution in [0.1, 0.15) is 24.5 Å². The molecule has 1 aromatic carbocycles. The minimum Gasteiger partial charge on any atom is -0.300 e. The van der Waals surface area contributed by atoms with Crippen LogP contribution in [0.15, 0.2) is 24.3 Å². The molecule has 0 saturated heterocycles. The molecule has 2 heteroatoms. The maximum Gasteiger partial charge on any atom is 0.134 e. The number of hydrogen-bond donors (Lipinski definition) is 1. The average Bonchev–Trinajstić information content (AvgIpc) is 2.20. The van der Waals surface area contributed by atoms with Gasteiger partial charge in [0.1, 0.15) is 5.78 Å². The molecule has 1 aromatic rings. The van der Waals surface area contributed by atoms with Crippen LogP contribution in [0.4, 0.5) is 0 Å². The average molecular weight is 218 g/mol. The third-order valence-corrected chi connectivity index (χ3v) is 2.14. The predicted octanol–water partition coefficient (Wildman–Crippen LogP) is 2.49. The number of carbonyl (C=O) groups is 1. The topological polar surface area (TPSA) is 17.1 Å². The first-order valence-electron chi connectivity index (χ1n) is 4.91. The highest BCUT2D eigenvalue weighted by Crippen LogP contribution is 2.08. The van der Waals surface area contributed by atoms with Gasteiger partial charge in [-0.25, -0.2) is 0 Å². The Hall–Kier alpha value is -1.20. The first-order valence-corrected chi connectivity index (χ1v) is 5.54. The Morgan fingerprint density at radius 3 is 2.80 bits per heavy atom. The molecule has 0 spiro atoms. The summed E-state index contributed by atoms with van der Waals surface area (Å²) in [7, 11) is 0. The van der Waals surface area contributed by atoms with Crippen LogP contribution in [0.3, 0.4) is 0 Å². The van der Waals surface area contributed by atoms with Gasteiger partial charge in [0.15, 0.2) is 0 Å². The van der Waals surface area contributed by atoms with Crippen molar-refractivity contribution in [3.05, 3.63) is 35.4 Å². The molecule has 0 heterocycles. The van der Waals surface area contributed by atoms with Crippen LogP contribution in [-0.2, 0) is 11.2 Å². The minimum atomic E-state index is 0.165. The third-order valence-electron chi connectivity index (χ3n) is 1.92. The molecule has 0 saturated carbocycles. The van der Waals surface area contributed by atoms with Crippen molar-refractivity contribution < 1.29 is 4.79 Å². The van der Waals surface area contributed by atoms with Gasteiger partial charge in [-0.2, -0.15) is 12.6 Å². The Bertz CT molecular complexity index is 398. The van der Waals surface area contributed by atoms with Crippen molar-refractivity contribution in [2.75, 3.05) is 5.75 Å². The number of hydrogen-bond acceptors (Lipinski definition) is 2. The van der Waals surface area contributed by atoms with E-state index in [9.17, 15) is 4.79 Å². The van der Waals surface area contributed by atoms with Crippen molar-refractivity contribution >= 4 is 18.4 Å². The molecule has 0 fully saturated rings. The van der Waals surface area contributed by atoms with Gasteiger partial charge in [0.2, 0.25) is 0 Å². The Morgan fingerprint density at radius 1 is 1.40 bits per heavy atom. The van der Waals surface area contributed by atoms with Crippen LogP contribution < -0.4 is 0 Å². The fourth-order valence-corrected chi connectivity index (χ4v) is 1.39. The van der Waals surface area contributed by atoms with Crippen LogP contribution in [0.2, 0.25) is 0 Å². The smallest absolute Gasteiger partial charge is 0.134 e. The van der Waals surface area contributed by atoms with Crippen molar-refractivity contribution in [2.24, 2.45) is 0 Å². The van der Waals surface area contributed by atoms with E-state index in [1.165, 1.54) is 0 Å². The summed E-state index contributed by atoms with van der Waals surface area (Å²) in [6.45, 7) is 1.60. The molecular weight excluding hydrogens is 204 g/mol. The Kier molecular flexibility index (Phi) is 5.00. The highest BCUT2D eigenvalue weighted by atomic mass is 32.1. The number of Topliss-reactive ketones (excluding diaryl/α,β-unsaturated/α-hetero) is 1. The molecule has 0 bridgehead atoms. The van der Waals surface area contributed by atoms with Crippen LogP contribution in [0, 0.1) is 11.8 Å². The molecule has 0 aliphatic heterocycles. The Morgan fingerprint density at radius 2 is 2.13 bits per heavy atom. The summed E-state index contributed by atoms with van der Waals surface area (Å²) in [5, 5.41) is 0. The fraction of sp³-hybridized carbons (Fsp3) is 0.308. The summed E-state index contributed by atoms with van der Waals surface area (Å²) in [4.78, 5) is 11.0. The molecule has 0 aliphatic rings. The van der Waals surface area contributed by atoms with Crippen molar-refractivity contribution in [1.29, 1.82) is 0 Å². The van der Waals surface area contributed by atoms with E-state index in [1.807, 2.05) is 24.3 Å². The van der Waals surface area contributed by atoms with Crippen molar-refractivity contribution in [3.8, 4) is 11.8 Å². The van der Waals surface area contributed by atoms with Gasteiger partial charge in [0, 0.05) is 24.2 Å². The van der Waals surface area contributed by atoms with Gasteiger partial charge in [-0.1, -0.05) is 30.0 Å². The number of rotatable bonds is 3. The van der Waals surface area contributed by atoms with Gasteiger partial charge < -0.3 is 0 Å². The molecule has 0 amide bonds. The SMILES string of the molecule is CC(=O)Cc1ccccc1C#CCCS. The Balaban J connectivity index is 2.87. The summed E-state index contributed by atoms with van der Waals surface area (Å²) in [5.41, 5.74) is 1.96. The second-order valence-corrected chi connectivity index (χ2v) is 3.76. The second kappa shape index (κ2) is 6.31. The summed E-state index contributed by atoms with van der Waals surface area (Å²) in [6, 6.07) is 7.77. The molecule has 0 aromatic heterocycles. The third kappa shape index (κ3) is 4.22. The molecule has 1 nitrogen and oxygen atoms in total. The lowest BCUT2D eigenvalue weighted by Crippen LogP contribution is -1.98. The van der Waals surface area contributed by atoms with Gasteiger partial charge in [0.05, 0.1) is 0 Å². The van der Waals surface area contributed by atoms with E-state index >= 15 is 0 Å². The molecule has 15 heavy (non-hydrogen) atoms. The molecule has 0 aliphatic carbocycles. The highest BCUT2D eigenvalue weighted by Gasteiger charge is 2.01. The van der Waals surface area contributed by atoms with Gasteiger partial charge in [-0.05, 0) is 18.6 Å². The standard InChI is InChI=1S/C13H14OS/c1-11(14)10-13-8-3-2-6-12(13)7-4-5-9-15/h2-3,6,8,15H,5,9-10H2,1H3. The monoisotopic (exact) mass is 218 g/mol. The summed E-state index contributed by atoms with van der Waals surface area (Å²) >= 11 is 4.09. The van der Waals surface area contributed by atoms with Gasteiger partial charge in [-0.3, -0.25) is 4.79 Å². The largest absolute Gasteiger partial charge is 0.300 e. The molecule has 0 radical (unpaired) electrons. The molecule has 0 atom stereocenters. The first kappa shape index (κ1) is 11.9. The zero-order valence-corrected chi connectivity index (χ0v) is 9.68. The van der Waals surface area contributed by atoms with Gasteiger partial charge >= 0.3 is 0 Å². The lowest BCUT2D eigenvalue weighted by Gasteiger charge is -2.00. The van der Waals surface area contributed by atoms with E-state index in [0.717, 1.165) is 23.3 Å². The summed E-state index contributed by atoms with van der Waals surface area (Å²) < 4.78 is 0. The minimum absolute atomic E-state index is 0.165. The van der Waals surface area contributed by atoms with E-state index < -0.39 is 0 Å². The van der Waals surface area contributed by atoms with Crippen LogP contribution >= 0.6 is 12.6 Å². The van der Waals surface area contributed by atoms with E-state index in [1.54, 1.807) is 6.92 Å². The molecule has 0 unspecified atom stereocenters. The van der Waals surface area contributed by atoms with Crippen LogP contribution in [0.25, 0.3) is 0 Å². The number of ketones is 1. The molecule has 0 N–H and O–H groups in total. The predicted molar refractivity (Wildman–Crippen MR) is 66.2 cm³/mol. The van der Waals surface area contributed by atoms with Crippen LogP contribution in [-0.4, -0.2) is 11.5 Å². The molecule has 78 valence electrons. The molecule has 1 rings (SSSR count). The lowest BCUT2D eigenvalue weighted by atomic mass is 10.0. The van der Waals surface area contributed by atoms with Gasteiger partial charge in [-0.15, -0.1) is 0 Å². The second-order valence-electron chi connectivity index (χ2n) is 3.31. The quantitative estimate of drug-likeness (QED) is 0.609. The zero-order chi connectivity index (χ0) is 11.1. The van der Waals surface area contributed by atoms with E-state index in [0.29, 0.717) is 6.42 Å². The van der Waals surface area contributed by atoms with Crippen LogP contribution in [0.5, 0.6) is 0 Å². The highest BCUT2D eigenvalue weighted by molar-refractivity contribution is 7.80. The van der Waals surface area contributed by atoms with E-state index in [-0.39, 0.29) is 5.78 Å². The van der Waals surface area contributed by atoms with Crippen molar-refractivity contribution in [2.45, 2.75) is 19.8 Å². The zero-order valence-electron chi connectivity index (χ0n) is 8.79. The van der Waals surface area contributed by atoms with Crippen molar-refractivity contribution in [3.63, 3.8) is 0 Å². The van der Waals surface area contributed by atoms with E-state index in [4.69, 9.17) is 0 Å². The first-order chi connectivity index (χ1) is 7.24. The maximum absolute atomic E-state index is 11.0. The number of carbonyl (C=O) groups excluding carboxylic acids is 1. The number of benzene rings is 1. The summed E-state index contributed by atoms with van der Waals surface area (Å²) in [5.74, 6) is 7.03. The summed E-state index contributed by atoms with van der Waals surface area (Å²) in [6.07, 6.45) is 1.24. The van der Waals surface area contributed by atoms with Gasteiger partial charge in [0.25, 0.3) is 0 Å². The lowest BCUT2D eigenvalue weighted by molar-refractivity contribution is -0.116. The van der Waals surface area contributed by atoms with E-state index in [2.05, 4.69) is 24.5 Å². The maximum atomic E-state index is 11.0. The number of thiol groups is 1. The Labute approximate surface area is 96.3 Å².